The van der Waals surface area contributed by atoms with E-state index in [1.54, 1.807) is 16.7 Å². The molecular formula is C16H19BrClN3O2S. The van der Waals surface area contributed by atoms with Crippen molar-refractivity contribution in [3.05, 3.63) is 64.4 Å². The summed E-state index contributed by atoms with van der Waals surface area (Å²) in [5.74, 6) is 0.0110. The molecule has 1 unspecified atom stereocenters. The number of nitrogens with one attached hydrogen (secondary N) is 1. The standard InChI is InChI=1S/C16H18BrN3O2S.ClH/c17-15-5-3-13(4-6-15)12-23(21,22)20-9-8-19-11-16(20)14-2-1-7-18-10-14;/h1-7,10,16,19H,8-9,11-12H2;1H. The summed E-state index contributed by atoms with van der Waals surface area (Å²) < 4.78 is 28.3. The van der Waals surface area contributed by atoms with Crippen molar-refractivity contribution in [2.45, 2.75) is 11.8 Å². The summed E-state index contributed by atoms with van der Waals surface area (Å²) in [5, 5.41) is 3.27. The van der Waals surface area contributed by atoms with Gasteiger partial charge in [0.2, 0.25) is 10.0 Å². The number of sulfonamides is 1. The normalized spacial score (nSPS) is 18.8. The van der Waals surface area contributed by atoms with E-state index in [4.69, 9.17) is 0 Å². The van der Waals surface area contributed by atoms with Crippen LogP contribution >= 0.6 is 28.3 Å². The van der Waals surface area contributed by atoms with Crippen LogP contribution in [0, 0.1) is 0 Å². The minimum Gasteiger partial charge on any atom is -0.313 e. The first-order chi connectivity index (χ1) is 11.1. The summed E-state index contributed by atoms with van der Waals surface area (Å²) in [7, 11) is -3.40. The average Bonchev–Trinajstić information content (AvgIpc) is 2.58. The molecule has 8 heteroatoms. The molecule has 0 spiro atoms. The summed E-state index contributed by atoms with van der Waals surface area (Å²) >= 11 is 3.37. The third-order valence-electron chi connectivity index (χ3n) is 3.88. The lowest BCUT2D eigenvalue weighted by Crippen LogP contribution is -2.48. The number of aromatic nitrogens is 1. The van der Waals surface area contributed by atoms with E-state index in [1.807, 2.05) is 36.4 Å². The van der Waals surface area contributed by atoms with Gasteiger partial charge in [-0.15, -0.1) is 12.4 Å². The molecule has 1 saturated heterocycles. The first kappa shape index (κ1) is 19.3. The Morgan fingerprint density at radius 1 is 1.25 bits per heavy atom. The van der Waals surface area contributed by atoms with Gasteiger partial charge in [-0.25, -0.2) is 8.42 Å². The predicted octanol–water partition coefficient (Wildman–Crippen LogP) is 2.74. The molecular weight excluding hydrogens is 414 g/mol. The molecule has 3 rings (SSSR count). The fourth-order valence-electron chi connectivity index (χ4n) is 2.75. The zero-order chi connectivity index (χ0) is 16.3. The number of halogens is 2. The van der Waals surface area contributed by atoms with Crippen LogP contribution in [0.4, 0.5) is 0 Å². The second kappa shape index (κ2) is 8.40. The van der Waals surface area contributed by atoms with Crippen LogP contribution in [-0.4, -0.2) is 37.3 Å². The average molecular weight is 433 g/mol. The van der Waals surface area contributed by atoms with Crippen molar-refractivity contribution in [2.24, 2.45) is 0 Å². The quantitative estimate of drug-likeness (QED) is 0.807. The van der Waals surface area contributed by atoms with Gasteiger partial charge in [0.1, 0.15) is 0 Å². The molecule has 1 atom stereocenters. The van der Waals surface area contributed by atoms with Gasteiger partial charge in [-0.3, -0.25) is 4.98 Å². The highest BCUT2D eigenvalue weighted by Gasteiger charge is 2.33. The van der Waals surface area contributed by atoms with E-state index in [0.29, 0.717) is 19.6 Å². The van der Waals surface area contributed by atoms with Crippen LogP contribution in [0.15, 0.2) is 53.3 Å². The number of benzene rings is 1. The van der Waals surface area contributed by atoms with Gasteiger partial charge in [0.05, 0.1) is 11.8 Å². The smallest absolute Gasteiger partial charge is 0.218 e. The van der Waals surface area contributed by atoms with E-state index >= 15 is 0 Å². The molecule has 5 nitrogen and oxygen atoms in total. The molecule has 0 amide bonds. The third-order valence-corrected chi connectivity index (χ3v) is 6.26. The molecule has 1 aromatic heterocycles. The largest absolute Gasteiger partial charge is 0.313 e. The Balaban J connectivity index is 0.00000208. The van der Waals surface area contributed by atoms with Gasteiger partial charge in [0.25, 0.3) is 0 Å². The van der Waals surface area contributed by atoms with Crippen molar-refractivity contribution in [1.82, 2.24) is 14.6 Å². The van der Waals surface area contributed by atoms with Gasteiger partial charge in [-0.05, 0) is 29.3 Å². The minimum atomic E-state index is -3.40. The maximum atomic E-state index is 12.9. The van der Waals surface area contributed by atoms with Gasteiger partial charge in [0, 0.05) is 36.5 Å². The maximum absolute atomic E-state index is 12.9. The molecule has 24 heavy (non-hydrogen) atoms. The molecule has 0 saturated carbocycles. The number of hydrogen-bond acceptors (Lipinski definition) is 4. The first-order valence-corrected chi connectivity index (χ1v) is 9.81. The molecule has 0 radical (unpaired) electrons. The minimum absolute atomic E-state index is 0. The second-order valence-electron chi connectivity index (χ2n) is 5.50. The van der Waals surface area contributed by atoms with Crippen LogP contribution in [0.5, 0.6) is 0 Å². The lowest BCUT2D eigenvalue weighted by atomic mass is 10.1. The molecule has 1 aliphatic heterocycles. The third kappa shape index (κ3) is 4.55. The molecule has 1 aromatic carbocycles. The highest BCUT2D eigenvalue weighted by Crippen LogP contribution is 2.26. The van der Waals surface area contributed by atoms with Gasteiger partial charge >= 0.3 is 0 Å². The lowest BCUT2D eigenvalue weighted by Gasteiger charge is -2.35. The summed E-state index contributed by atoms with van der Waals surface area (Å²) in [6, 6.07) is 10.9. The van der Waals surface area contributed by atoms with Crippen LogP contribution in [-0.2, 0) is 15.8 Å². The fraction of sp³-hybridized carbons (Fsp3) is 0.312. The van der Waals surface area contributed by atoms with E-state index in [9.17, 15) is 8.42 Å². The molecule has 2 aromatic rings. The van der Waals surface area contributed by atoms with Gasteiger partial charge in [-0.1, -0.05) is 34.1 Å². The van der Waals surface area contributed by atoms with Crippen molar-refractivity contribution in [1.29, 1.82) is 0 Å². The molecule has 1 fully saturated rings. The summed E-state index contributed by atoms with van der Waals surface area (Å²) in [5.41, 5.74) is 1.70. The number of piperazine rings is 1. The van der Waals surface area contributed by atoms with Crippen LogP contribution in [0.2, 0.25) is 0 Å². The zero-order valence-electron chi connectivity index (χ0n) is 12.9. The fourth-order valence-corrected chi connectivity index (χ4v) is 4.75. The molecule has 130 valence electrons. The Kier molecular flexibility index (Phi) is 6.77. The van der Waals surface area contributed by atoms with Crippen molar-refractivity contribution in [3.63, 3.8) is 0 Å². The Morgan fingerprint density at radius 3 is 2.67 bits per heavy atom. The van der Waals surface area contributed by atoms with E-state index in [0.717, 1.165) is 15.6 Å². The van der Waals surface area contributed by atoms with Gasteiger partial charge < -0.3 is 5.32 Å². The van der Waals surface area contributed by atoms with Crippen LogP contribution in [0.3, 0.4) is 0 Å². The van der Waals surface area contributed by atoms with Crippen molar-refractivity contribution < 1.29 is 8.42 Å². The van der Waals surface area contributed by atoms with Gasteiger partial charge in [-0.2, -0.15) is 4.31 Å². The molecule has 1 aliphatic rings. The van der Waals surface area contributed by atoms with Crippen LogP contribution in [0.1, 0.15) is 17.2 Å². The van der Waals surface area contributed by atoms with Crippen LogP contribution < -0.4 is 5.32 Å². The molecule has 0 bridgehead atoms. The van der Waals surface area contributed by atoms with E-state index in [2.05, 4.69) is 26.2 Å². The highest BCUT2D eigenvalue weighted by molar-refractivity contribution is 9.10. The SMILES string of the molecule is Cl.O=S(=O)(Cc1ccc(Br)cc1)N1CCNCC1c1cccnc1. The van der Waals surface area contributed by atoms with Crippen molar-refractivity contribution in [3.8, 4) is 0 Å². The van der Waals surface area contributed by atoms with Crippen LogP contribution in [0.25, 0.3) is 0 Å². The lowest BCUT2D eigenvalue weighted by molar-refractivity contribution is 0.271. The highest BCUT2D eigenvalue weighted by atomic mass is 79.9. The topological polar surface area (TPSA) is 62.3 Å². The molecule has 1 N–H and O–H groups in total. The van der Waals surface area contributed by atoms with E-state index in [1.165, 1.54) is 0 Å². The van der Waals surface area contributed by atoms with Crippen molar-refractivity contribution >= 4 is 38.4 Å². The van der Waals surface area contributed by atoms with Gasteiger partial charge in [0.15, 0.2) is 0 Å². The Hall–Kier alpha value is -0.990. The summed E-state index contributed by atoms with van der Waals surface area (Å²) in [4.78, 5) is 4.12. The number of hydrogen-bond donors (Lipinski definition) is 1. The van der Waals surface area contributed by atoms with E-state index < -0.39 is 10.0 Å². The Bertz CT molecular complexity index is 757. The Labute approximate surface area is 157 Å². The summed E-state index contributed by atoms with van der Waals surface area (Å²) in [6.07, 6.45) is 3.43. The monoisotopic (exact) mass is 431 g/mol. The molecule has 0 aliphatic carbocycles. The number of pyridine rings is 1. The predicted molar refractivity (Wildman–Crippen MR) is 101 cm³/mol. The number of rotatable bonds is 4. The second-order valence-corrected chi connectivity index (χ2v) is 8.34. The van der Waals surface area contributed by atoms with Crippen molar-refractivity contribution in [2.75, 3.05) is 19.6 Å². The maximum Gasteiger partial charge on any atom is 0.218 e. The Morgan fingerprint density at radius 2 is 2.00 bits per heavy atom. The number of nitrogens with zero attached hydrogens (tertiary/aromatic N) is 2. The first-order valence-electron chi connectivity index (χ1n) is 7.41. The summed E-state index contributed by atoms with van der Waals surface area (Å²) in [6.45, 7) is 1.74. The zero-order valence-corrected chi connectivity index (χ0v) is 16.1. The molecule has 2 heterocycles. The van der Waals surface area contributed by atoms with E-state index in [-0.39, 0.29) is 24.2 Å².